The summed E-state index contributed by atoms with van der Waals surface area (Å²) in [4.78, 5) is 1.07. The van der Waals surface area contributed by atoms with Crippen LogP contribution in [-0.2, 0) is 16.6 Å². The summed E-state index contributed by atoms with van der Waals surface area (Å²) in [6.07, 6.45) is 2.87. The van der Waals surface area contributed by atoms with E-state index in [2.05, 4.69) is 10.0 Å². The highest BCUT2D eigenvalue weighted by Crippen LogP contribution is 2.25. The largest absolute Gasteiger partial charge is 0.315 e. The van der Waals surface area contributed by atoms with Crippen LogP contribution in [-0.4, -0.2) is 34.0 Å². The third kappa shape index (κ3) is 4.55. The molecule has 0 saturated heterocycles. The summed E-state index contributed by atoms with van der Waals surface area (Å²) in [5.74, 6) is 0.969. The third-order valence-corrected chi connectivity index (χ3v) is 6.29. The molecule has 0 radical (unpaired) electrons. The normalized spacial score (nSPS) is 11.9. The predicted molar refractivity (Wildman–Crippen MR) is 80.0 cm³/mol. The highest BCUT2D eigenvalue weighted by atomic mass is 32.2. The fourth-order valence-corrected chi connectivity index (χ4v) is 4.60. The molecule has 0 fully saturated rings. The topological polar surface area (TPSA) is 58.2 Å². The average molecular weight is 308 g/mol. The Kier molecular flexibility index (Phi) is 6.65. The highest BCUT2D eigenvalue weighted by molar-refractivity contribution is 7.98. The lowest BCUT2D eigenvalue weighted by Crippen LogP contribution is -2.24. The Morgan fingerprint density at radius 2 is 2.17 bits per heavy atom. The van der Waals surface area contributed by atoms with E-state index in [0.29, 0.717) is 17.3 Å². The fourth-order valence-electron chi connectivity index (χ4n) is 1.45. The summed E-state index contributed by atoms with van der Waals surface area (Å²) in [6.45, 7) is 3.15. The molecule has 0 saturated carbocycles. The van der Waals surface area contributed by atoms with Crippen molar-refractivity contribution in [1.82, 2.24) is 10.0 Å². The minimum Gasteiger partial charge on any atom is -0.315 e. The summed E-state index contributed by atoms with van der Waals surface area (Å²) >= 11 is 3.06. The molecule has 1 rings (SSSR count). The van der Waals surface area contributed by atoms with Crippen molar-refractivity contribution in [2.24, 2.45) is 0 Å². The van der Waals surface area contributed by atoms with Gasteiger partial charge in [0.15, 0.2) is 0 Å². The quantitative estimate of drug-likeness (QED) is 0.719. The Labute approximate surface area is 118 Å². The van der Waals surface area contributed by atoms with Gasteiger partial charge in [0.1, 0.15) is 4.21 Å². The Morgan fingerprint density at radius 3 is 2.78 bits per heavy atom. The maximum atomic E-state index is 12.0. The van der Waals surface area contributed by atoms with Gasteiger partial charge in [-0.05, 0) is 44.0 Å². The number of hydrogen-bond acceptors (Lipinski definition) is 5. The Morgan fingerprint density at radius 1 is 1.44 bits per heavy atom. The van der Waals surface area contributed by atoms with Crippen LogP contribution in [0.15, 0.2) is 10.3 Å². The van der Waals surface area contributed by atoms with E-state index in [4.69, 9.17) is 0 Å². The van der Waals surface area contributed by atoms with Gasteiger partial charge in [0, 0.05) is 18.0 Å². The molecule has 7 heteroatoms. The first-order valence-electron chi connectivity index (χ1n) is 5.73. The first kappa shape index (κ1) is 16.0. The number of rotatable bonds is 8. The van der Waals surface area contributed by atoms with E-state index in [1.807, 2.05) is 20.2 Å². The molecule has 4 nitrogen and oxygen atoms in total. The second-order valence-corrected chi connectivity index (χ2v) is 8.06. The molecule has 104 valence electrons. The SMILES string of the molecule is CNCc1sc(S(=O)(=O)NCCCSC)cc1C. The Hall–Kier alpha value is -0.0800. The van der Waals surface area contributed by atoms with Crippen molar-refractivity contribution in [3.05, 3.63) is 16.5 Å². The van der Waals surface area contributed by atoms with Gasteiger partial charge in [-0.1, -0.05) is 0 Å². The molecule has 1 heterocycles. The molecular formula is C11H20N2O2S3. The first-order valence-corrected chi connectivity index (χ1v) is 9.43. The van der Waals surface area contributed by atoms with E-state index in [1.54, 1.807) is 17.8 Å². The lowest BCUT2D eigenvalue weighted by atomic mass is 10.3. The predicted octanol–water partition coefficient (Wildman–Crippen LogP) is 1.81. The zero-order valence-electron chi connectivity index (χ0n) is 10.9. The van der Waals surface area contributed by atoms with E-state index in [9.17, 15) is 8.42 Å². The number of hydrogen-bond donors (Lipinski definition) is 2. The second kappa shape index (κ2) is 7.49. The number of aryl methyl sites for hydroxylation is 1. The van der Waals surface area contributed by atoms with Gasteiger partial charge in [-0.2, -0.15) is 11.8 Å². The maximum Gasteiger partial charge on any atom is 0.250 e. The van der Waals surface area contributed by atoms with E-state index >= 15 is 0 Å². The average Bonchev–Trinajstić information content (AvgIpc) is 2.68. The van der Waals surface area contributed by atoms with Gasteiger partial charge >= 0.3 is 0 Å². The molecule has 1 aromatic rings. The molecule has 18 heavy (non-hydrogen) atoms. The minimum atomic E-state index is -3.33. The first-order chi connectivity index (χ1) is 8.51. The summed E-state index contributed by atoms with van der Waals surface area (Å²) in [5.41, 5.74) is 1.03. The summed E-state index contributed by atoms with van der Waals surface area (Å²) in [6, 6.07) is 1.74. The van der Waals surface area contributed by atoms with Crippen molar-refractivity contribution < 1.29 is 8.42 Å². The van der Waals surface area contributed by atoms with Crippen molar-refractivity contribution in [2.75, 3.05) is 25.6 Å². The van der Waals surface area contributed by atoms with Crippen LogP contribution in [0.4, 0.5) is 0 Å². The van der Waals surface area contributed by atoms with E-state index in [-0.39, 0.29) is 0 Å². The highest BCUT2D eigenvalue weighted by Gasteiger charge is 2.17. The van der Waals surface area contributed by atoms with E-state index in [1.165, 1.54) is 11.3 Å². The van der Waals surface area contributed by atoms with Crippen molar-refractivity contribution >= 4 is 33.1 Å². The molecule has 0 aliphatic carbocycles. The van der Waals surface area contributed by atoms with Crippen molar-refractivity contribution in [2.45, 2.75) is 24.1 Å². The molecule has 1 aromatic heterocycles. The van der Waals surface area contributed by atoms with Crippen LogP contribution in [0.2, 0.25) is 0 Å². The molecule has 0 atom stereocenters. The smallest absolute Gasteiger partial charge is 0.250 e. The molecule has 0 aliphatic heterocycles. The molecule has 0 aromatic carbocycles. The van der Waals surface area contributed by atoms with Crippen molar-refractivity contribution in [3.63, 3.8) is 0 Å². The van der Waals surface area contributed by atoms with Gasteiger partial charge in [0.25, 0.3) is 0 Å². The van der Waals surface area contributed by atoms with E-state index in [0.717, 1.165) is 22.6 Å². The maximum absolute atomic E-state index is 12.0. The van der Waals surface area contributed by atoms with Crippen LogP contribution < -0.4 is 10.0 Å². The minimum absolute atomic E-state index is 0.411. The zero-order valence-corrected chi connectivity index (χ0v) is 13.4. The van der Waals surface area contributed by atoms with Gasteiger partial charge in [0.2, 0.25) is 10.0 Å². The van der Waals surface area contributed by atoms with Gasteiger partial charge in [-0.3, -0.25) is 0 Å². The van der Waals surface area contributed by atoms with Gasteiger partial charge in [0.05, 0.1) is 0 Å². The van der Waals surface area contributed by atoms with Gasteiger partial charge < -0.3 is 5.32 Å². The lowest BCUT2D eigenvalue weighted by molar-refractivity contribution is 0.583. The summed E-state index contributed by atoms with van der Waals surface area (Å²) in [7, 11) is -1.47. The molecule has 0 unspecified atom stereocenters. The molecule has 0 spiro atoms. The third-order valence-electron chi connectivity index (χ3n) is 2.42. The molecule has 0 aliphatic rings. The van der Waals surface area contributed by atoms with Crippen molar-refractivity contribution in [3.8, 4) is 0 Å². The van der Waals surface area contributed by atoms with Crippen LogP contribution in [0.25, 0.3) is 0 Å². The molecule has 0 amide bonds. The van der Waals surface area contributed by atoms with E-state index < -0.39 is 10.0 Å². The molecule has 2 N–H and O–H groups in total. The molecule has 0 bridgehead atoms. The zero-order chi connectivity index (χ0) is 13.6. The van der Waals surface area contributed by atoms with Crippen LogP contribution in [0.5, 0.6) is 0 Å². The monoisotopic (exact) mass is 308 g/mol. The summed E-state index contributed by atoms with van der Waals surface area (Å²) in [5, 5.41) is 3.04. The van der Waals surface area contributed by atoms with Crippen LogP contribution >= 0.6 is 23.1 Å². The standard InChI is InChI=1S/C11H20N2O2S3/c1-9-7-11(17-10(9)8-12-2)18(14,15)13-5-4-6-16-3/h7,12-13H,4-6,8H2,1-3H3. The van der Waals surface area contributed by atoms with Crippen LogP contribution in [0.3, 0.4) is 0 Å². The van der Waals surface area contributed by atoms with Gasteiger partial charge in [-0.15, -0.1) is 11.3 Å². The number of thioether (sulfide) groups is 1. The summed E-state index contributed by atoms with van der Waals surface area (Å²) < 4.78 is 27.1. The second-order valence-electron chi connectivity index (χ2n) is 3.95. The molecular weight excluding hydrogens is 288 g/mol. The van der Waals surface area contributed by atoms with Crippen LogP contribution in [0.1, 0.15) is 16.9 Å². The Bertz CT molecular complexity index is 469. The van der Waals surface area contributed by atoms with Gasteiger partial charge in [-0.25, -0.2) is 13.1 Å². The number of nitrogens with one attached hydrogen (secondary N) is 2. The lowest BCUT2D eigenvalue weighted by Gasteiger charge is -2.03. The van der Waals surface area contributed by atoms with Crippen molar-refractivity contribution in [1.29, 1.82) is 0 Å². The fraction of sp³-hybridized carbons (Fsp3) is 0.636. The Balaban J connectivity index is 2.69. The number of thiophene rings is 1. The number of sulfonamides is 1. The van der Waals surface area contributed by atoms with Crippen LogP contribution in [0, 0.1) is 6.92 Å².